The van der Waals surface area contributed by atoms with Crippen LogP contribution in [0.2, 0.25) is 0 Å². The van der Waals surface area contributed by atoms with Gasteiger partial charge in [-0.1, -0.05) is 60.3 Å². The molecule has 0 spiro atoms. The van der Waals surface area contributed by atoms with E-state index in [9.17, 15) is 9.59 Å². The molecule has 0 radical (unpaired) electrons. The van der Waals surface area contributed by atoms with E-state index in [1.807, 2.05) is 42.5 Å². The lowest BCUT2D eigenvalue weighted by Gasteiger charge is -2.08. The predicted octanol–water partition coefficient (Wildman–Crippen LogP) is 3.91. The molecule has 0 atom stereocenters. The van der Waals surface area contributed by atoms with Crippen molar-refractivity contribution in [3.8, 4) is 0 Å². The molecule has 0 saturated heterocycles. The third-order valence-electron chi connectivity index (χ3n) is 3.63. The van der Waals surface area contributed by atoms with Crippen molar-refractivity contribution >= 4 is 41.3 Å². The average molecular weight is 378 g/mol. The Bertz CT molecular complexity index is 967. The minimum absolute atomic E-state index is 0.0950. The number of nitrogens with zero attached hydrogens (tertiary/aromatic N) is 2. The van der Waals surface area contributed by atoms with Crippen LogP contribution in [-0.2, 0) is 4.79 Å². The molecule has 27 heavy (non-hydrogen) atoms. The molecule has 0 aliphatic carbocycles. The highest BCUT2D eigenvalue weighted by molar-refractivity contribution is 7.99. The Hall–Kier alpha value is -3.19. The molecule has 2 N–H and O–H groups in total. The summed E-state index contributed by atoms with van der Waals surface area (Å²) in [5.41, 5.74) is 2.06. The van der Waals surface area contributed by atoms with Gasteiger partial charge in [-0.15, -0.1) is 5.10 Å². The van der Waals surface area contributed by atoms with E-state index in [4.69, 9.17) is 0 Å². The number of ketones is 1. The molecular formula is C20H18N4O2S. The molecule has 1 aromatic heterocycles. The molecule has 0 fully saturated rings. The van der Waals surface area contributed by atoms with Crippen LogP contribution in [0, 0.1) is 0 Å². The van der Waals surface area contributed by atoms with Crippen LogP contribution in [0.3, 0.4) is 0 Å². The summed E-state index contributed by atoms with van der Waals surface area (Å²) in [4.78, 5) is 28.1. The summed E-state index contributed by atoms with van der Waals surface area (Å²) in [6.45, 7) is 1.47. The van der Waals surface area contributed by atoms with E-state index in [1.54, 1.807) is 24.3 Å². The summed E-state index contributed by atoms with van der Waals surface area (Å²) < 4.78 is 0. The van der Waals surface area contributed by atoms with Gasteiger partial charge in [-0.05, 0) is 30.7 Å². The number of para-hydroxylation sites is 1. The first kappa shape index (κ1) is 18.6. The Morgan fingerprint density at radius 3 is 2.59 bits per heavy atom. The van der Waals surface area contributed by atoms with Gasteiger partial charge in [-0.3, -0.25) is 14.7 Å². The normalized spacial score (nSPS) is 10.9. The van der Waals surface area contributed by atoms with Gasteiger partial charge in [0.1, 0.15) is 5.82 Å². The van der Waals surface area contributed by atoms with Gasteiger partial charge < -0.3 is 5.32 Å². The molecule has 1 amide bonds. The fraction of sp³-hybridized carbons (Fsp3) is 0.100. The van der Waals surface area contributed by atoms with Gasteiger partial charge in [0.25, 0.3) is 0 Å². The Balaban J connectivity index is 1.55. The van der Waals surface area contributed by atoms with Gasteiger partial charge in [0.15, 0.2) is 5.78 Å². The number of carbonyl (C=O) groups is 2. The first-order chi connectivity index (χ1) is 13.1. The molecule has 0 aliphatic heterocycles. The zero-order chi connectivity index (χ0) is 19.1. The number of hydrogen-bond acceptors (Lipinski definition) is 5. The van der Waals surface area contributed by atoms with Crippen LogP contribution in [0.25, 0.3) is 12.2 Å². The van der Waals surface area contributed by atoms with Gasteiger partial charge in [0.05, 0.1) is 11.4 Å². The summed E-state index contributed by atoms with van der Waals surface area (Å²) in [6.07, 6.45) is 3.76. The van der Waals surface area contributed by atoms with Gasteiger partial charge >= 0.3 is 0 Å². The third-order valence-corrected chi connectivity index (χ3v) is 4.48. The van der Waals surface area contributed by atoms with E-state index in [-0.39, 0.29) is 17.4 Å². The quantitative estimate of drug-likeness (QED) is 0.481. The Morgan fingerprint density at radius 1 is 1.07 bits per heavy atom. The average Bonchev–Trinajstić information content (AvgIpc) is 3.14. The van der Waals surface area contributed by atoms with E-state index >= 15 is 0 Å². The number of carbonyl (C=O) groups excluding carboxylic acids is 2. The Labute approximate surface area is 161 Å². The van der Waals surface area contributed by atoms with Gasteiger partial charge in [-0.25, -0.2) is 4.98 Å². The molecule has 1 heterocycles. The van der Waals surface area contributed by atoms with Crippen molar-refractivity contribution in [2.75, 3.05) is 11.1 Å². The number of aromatic amines is 1. The number of benzene rings is 2. The summed E-state index contributed by atoms with van der Waals surface area (Å²) >= 11 is 1.22. The second-order valence-electron chi connectivity index (χ2n) is 5.69. The highest BCUT2D eigenvalue weighted by Gasteiger charge is 2.11. The molecule has 3 aromatic rings. The molecule has 136 valence electrons. The highest BCUT2D eigenvalue weighted by atomic mass is 32.2. The lowest BCUT2D eigenvalue weighted by molar-refractivity contribution is -0.113. The van der Waals surface area contributed by atoms with Gasteiger partial charge in [-0.2, -0.15) is 0 Å². The topological polar surface area (TPSA) is 87.7 Å². The fourth-order valence-corrected chi connectivity index (χ4v) is 2.96. The minimum atomic E-state index is -0.222. The van der Waals surface area contributed by atoms with E-state index in [0.717, 1.165) is 5.56 Å². The highest BCUT2D eigenvalue weighted by Crippen LogP contribution is 2.18. The fourth-order valence-electron chi connectivity index (χ4n) is 2.35. The van der Waals surface area contributed by atoms with Crippen molar-refractivity contribution in [2.45, 2.75) is 12.1 Å². The molecule has 6 nitrogen and oxygen atoms in total. The van der Waals surface area contributed by atoms with E-state index in [0.29, 0.717) is 22.2 Å². The summed E-state index contributed by atoms with van der Waals surface area (Å²) in [5.74, 6) is 0.442. The van der Waals surface area contributed by atoms with Crippen LogP contribution in [0.5, 0.6) is 0 Å². The second kappa shape index (κ2) is 8.95. The smallest absolute Gasteiger partial charge is 0.234 e. The standard InChI is InChI=1S/C20H18N4O2S/c1-14(25)16-9-5-6-10-17(16)21-19(26)13-27-20-22-18(23-24-20)12-11-15-7-3-2-4-8-15/h2-12H,13H2,1H3,(H,21,26)(H,22,23,24)/b12-11+. The van der Waals surface area contributed by atoms with Crippen LogP contribution in [0.4, 0.5) is 5.69 Å². The number of nitrogens with one attached hydrogen (secondary N) is 2. The number of rotatable bonds is 7. The lowest BCUT2D eigenvalue weighted by Crippen LogP contribution is -2.16. The maximum atomic E-state index is 12.2. The van der Waals surface area contributed by atoms with Crippen molar-refractivity contribution in [3.05, 3.63) is 71.5 Å². The maximum absolute atomic E-state index is 12.2. The third kappa shape index (κ3) is 5.39. The van der Waals surface area contributed by atoms with Gasteiger partial charge in [0, 0.05) is 5.56 Å². The van der Waals surface area contributed by atoms with Crippen molar-refractivity contribution in [3.63, 3.8) is 0 Å². The van der Waals surface area contributed by atoms with Crippen LogP contribution in [0.15, 0.2) is 59.8 Å². The second-order valence-corrected chi connectivity index (χ2v) is 6.63. The van der Waals surface area contributed by atoms with Crippen LogP contribution < -0.4 is 5.32 Å². The molecule has 0 aliphatic rings. The van der Waals surface area contributed by atoms with Crippen LogP contribution in [-0.4, -0.2) is 32.6 Å². The summed E-state index contributed by atoms with van der Waals surface area (Å²) in [6, 6.07) is 16.8. The molecule has 0 bridgehead atoms. The molecule has 7 heteroatoms. The molecular weight excluding hydrogens is 360 g/mol. The number of H-pyrrole nitrogens is 1. The number of hydrogen-bond donors (Lipinski definition) is 2. The van der Waals surface area contributed by atoms with Crippen LogP contribution >= 0.6 is 11.8 Å². The van der Waals surface area contributed by atoms with E-state index < -0.39 is 0 Å². The number of Topliss-reactive ketones (excluding diaryl/α,β-unsaturated/α-hetero) is 1. The Kier molecular flexibility index (Phi) is 6.17. The van der Waals surface area contributed by atoms with E-state index in [1.165, 1.54) is 18.7 Å². The van der Waals surface area contributed by atoms with Crippen molar-refractivity contribution < 1.29 is 9.59 Å². The lowest BCUT2D eigenvalue weighted by atomic mass is 10.1. The largest absolute Gasteiger partial charge is 0.325 e. The van der Waals surface area contributed by atoms with Crippen molar-refractivity contribution in [1.29, 1.82) is 0 Å². The summed E-state index contributed by atoms with van der Waals surface area (Å²) in [5, 5.41) is 10.2. The van der Waals surface area contributed by atoms with Crippen molar-refractivity contribution in [1.82, 2.24) is 15.2 Å². The number of amides is 1. The zero-order valence-corrected chi connectivity index (χ0v) is 15.5. The number of anilines is 1. The van der Waals surface area contributed by atoms with Gasteiger partial charge in [0.2, 0.25) is 11.1 Å². The monoisotopic (exact) mass is 378 g/mol. The minimum Gasteiger partial charge on any atom is -0.325 e. The SMILES string of the molecule is CC(=O)c1ccccc1NC(=O)CSc1n[nH]c(/C=C/c2ccccc2)n1. The zero-order valence-electron chi connectivity index (χ0n) is 14.7. The molecule has 3 rings (SSSR count). The summed E-state index contributed by atoms with van der Waals surface area (Å²) in [7, 11) is 0. The van der Waals surface area contributed by atoms with Crippen LogP contribution in [0.1, 0.15) is 28.7 Å². The Morgan fingerprint density at radius 2 is 1.81 bits per heavy atom. The maximum Gasteiger partial charge on any atom is 0.234 e. The first-order valence-corrected chi connectivity index (χ1v) is 9.28. The predicted molar refractivity (Wildman–Crippen MR) is 108 cm³/mol. The van der Waals surface area contributed by atoms with E-state index in [2.05, 4.69) is 20.5 Å². The number of aromatic nitrogens is 3. The molecule has 0 unspecified atom stereocenters. The molecule has 0 saturated carbocycles. The molecule has 2 aromatic carbocycles. The van der Waals surface area contributed by atoms with Crippen molar-refractivity contribution in [2.24, 2.45) is 0 Å². The number of thioether (sulfide) groups is 1. The first-order valence-electron chi connectivity index (χ1n) is 8.30.